The van der Waals surface area contributed by atoms with E-state index in [1.807, 2.05) is 17.9 Å². The van der Waals surface area contributed by atoms with Gasteiger partial charge in [0, 0.05) is 18.9 Å². The minimum absolute atomic E-state index is 0.0376. The topological polar surface area (TPSA) is 80.0 Å². The molecule has 0 saturated carbocycles. The molecule has 2 aromatic rings. The van der Waals surface area contributed by atoms with Gasteiger partial charge < -0.3 is 14.7 Å². The first-order valence-corrected chi connectivity index (χ1v) is 6.52. The molecule has 0 aliphatic carbocycles. The zero-order valence-electron chi connectivity index (χ0n) is 11.2. The Labute approximate surface area is 115 Å². The first kappa shape index (κ1) is 12.9. The molecule has 0 radical (unpaired) electrons. The number of morpholine rings is 1. The lowest BCUT2D eigenvalue weighted by molar-refractivity contribution is -0.138. The molecule has 0 bridgehead atoms. The third-order valence-electron chi connectivity index (χ3n) is 3.40. The van der Waals surface area contributed by atoms with E-state index in [2.05, 4.69) is 10.1 Å². The van der Waals surface area contributed by atoms with Crippen molar-refractivity contribution in [1.82, 2.24) is 14.6 Å². The van der Waals surface area contributed by atoms with Crippen molar-refractivity contribution in [2.45, 2.75) is 19.4 Å². The fourth-order valence-electron chi connectivity index (χ4n) is 2.56. The molecule has 1 aliphatic heterocycles. The number of anilines is 1. The van der Waals surface area contributed by atoms with Crippen LogP contribution >= 0.6 is 0 Å². The summed E-state index contributed by atoms with van der Waals surface area (Å²) in [5.41, 5.74) is 1.80. The minimum atomic E-state index is -0.831. The van der Waals surface area contributed by atoms with E-state index in [1.54, 1.807) is 16.9 Å². The smallest absolute Gasteiger partial charge is 0.305 e. The molecule has 1 aliphatic rings. The molecular formula is C13H16N4O3. The molecule has 7 nitrogen and oxygen atoms in total. The molecule has 20 heavy (non-hydrogen) atoms. The van der Waals surface area contributed by atoms with Crippen molar-refractivity contribution < 1.29 is 14.6 Å². The Bertz CT molecular complexity index is 640. The lowest BCUT2D eigenvalue weighted by Gasteiger charge is -2.35. The van der Waals surface area contributed by atoms with Crippen molar-refractivity contribution in [1.29, 1.82) is 0 Å². The van der Waals surface area contributed by atoms with Gasteiger partial charge in [0.1, 0.15) is 5.52 Å². The first-order chi connectivity index (χ1) is 9.65. The highest BCUT2D eigenvalue weighted by Gasteiger charge is 2.27. The third-order valence-corrected chi connectivity index (χ3v) is 3.40. The summed E-state index contributed by atoms with van der Waals surface area (Å²) < 4.78 is 7.17. The summed E-state index contributed by atoms with van der Waals surface area (Å²) in [6.45, 7) is 3.54. The normalized spacial score (nSPS) is 19.4. The lowest BCUT2D eigenvalue weighted by atomic mass is 10.1. The zero-order chi connectivity index (χ0) is 14.1. The predicted octanol–water partition coefficient (Wildman–Crippen LogP) is 0.718. The number of aliphatic carboxylic acids is 1. The van der Waals surface area contributed by atoms with Crippen molar-refractivity contribution in [3.63, 3.8) is 0 Å². The van der Waals surface area contributed by atoms with Gasteiger partial charge in [-0.15, -0.1) is 0 Å². The molecule has 3 heterocycles. The van der Waals surface area contributed by atoms with Crippen LogP contribution < -0.4 is 4.90 Å². The Morgan fingerprint density at radius 1 is 1.60 bits per heavy atom. The molecule has 0 spiro atoms. The number of ether oxygens (including phenoxy) is 1. The highest BCUT2D eigenvalue weighted by molar-refractivity contribution is 5.72. The molecule has 1 fully saturated rings. The average Bonchev–Trinajstić information content (AvgIpc) is 2.79. The van der Waals surface area contributed by atoms with Crippen LogP contribution in [0.1, 0.15) is 12.1 Å². The van der Waals surface area contributed by atoms with Crippen LogP contribution in [-0.4, -0.2) is 51.5 Å². The number of fused-ring (bicyclic) bond motifs is 1. The fourth-order valence-corrected chi connectivity index (χ4v) is 2.56. The summed E-state index contributed by atoms with van der Waals surface area (Å²) in [7, 11) is 0. The maximum Gasteiger partial charge on any atom is 0.305 e. The summed E-state index contributed by atoms with van der Waals surface area (Å²) in [4.78, 5) is 17.4. The number of nitrogens with zero attached hydrogens (tertiary/aromatic N) is 4. The number of carboxylic acids is 1. The summed E-state index contributed by atoms with van der Waals surface area (Å²) in [6.07, 6.45) is 3.51. The number of aryl methyl sites for hydroxylation is 1. The van der Waals surface area contributed by atoms with Crippen molar-refractivity contribution in [2.75, 3.05) is 24.7 Å². The number of carboxylic acid groups (broad SMARTS) is 1. The summed E-state index contributed by atoms with van der Waals surface area (Å²) in [5, 5.41) is 13.4. The predicted molar refractivity (Wildman–Crippen MR) is 71.9 cm³/mol. The van der Waals surface area contributed by atoms with Gasteiger partial charge >= 0.3 is 5.97 Å². The second-order valence-corrected chi connectivity index (χ2v) is 4.89. The van der Waals surface area contributed by atoms with Gasteiger partial charge in [0.25, 0.3) is 0 Å². The van der Waals surface area contributed by atoms with Crippen LogP contribution in [0, 0.1) is 6.92 Å². The fraction of sp³-hybridized carbons (Fsp3) is 0.462. The van der Waals surface area contributed by atoms with Crippen molar-refractivity contribution in [2.24, 2.45) is 0 Å². The molecule has 1 unspecified atom stereocenters. The lowest BCUT2D eigenvalue weighted by Crippen LogP contribution is -2.47. The number of hydrogen-bond acceptors (Lipinski definition) is 5. The Balaban J connectivity index is 2.00. The largest absolute Gasteiger partial charge is 0.481 e. The minimum Gasteiger partial charge on any atom is -0.481 e. The maximum absolute atomic E-state index is 11.0. The second kappa shape index (κ2) is 5.09. The number of aromatic nitrogens is 3. The summed E-state index contributed by atoms with van der Waals surface area (Å²) in [6, 6.07) is 1.76. The molecule has 1 N–H and O–H groups in total. The molecule has 0 amide bonds. The highest BCUT2D eigenvalue weighted by atomic mass is 16.5. The molecule has 7 heteroatoms. The second-order valence-electron chi connectivity index (χ2n) is 4.89. The molecule has 1 saturated heterocycles. The van der Waals surface area contributed by atoms with Crippen LogP contribution in [0.25, 0.3) is 5.52 Å². The summed E-state index contributed by atoms with van der Waals surface area (Å²) in [5.74, 6) is -0.0650. The monoisotopic (exact) mass is 276 g/mol. The number of rotatable bonds is 3. The highest BCUT2D eigenvalue weighted by Crippen LogP contribution is 2.24. The van der Waals surface area contributed by atoms with E-state index in [4.69, 9.17) is 9.84 Å². The van der Waals surface area contributed by atoms with Gasteiger partial charge in [-0.25, -0.2) is 9.50 Å². The molecule has 2 aromatic heterocycles. The number of carbonyl (C=O) groups is 1. The van der Waals surface area contributed by atoms with Gasteiger partial charge in [0.2, 0.25) is 0 Å². The Morgan fingerprint density at radius 3 is 3.25 bits per heavy atom. The quantitative estimate of drug-likeness (QED) is 0.889. The van der Waals surface area contributed by atoms with E-state index in [-0.39, 0.29) is 12.5 Å². The molecule has 0 aromatic carbocycles. The van der Waals surface area contributed by atoms with Gasteiger partial charge in [0.05, 0.1) is 31.4 Å². The van der Waals surface area contributed by atoms with Gasteiger partial charge in [-0.05, 0) is 13.0 Å². The van der Waals surface area contributed by atoms with E-state index in [1.165, 1.54) is 0 Å². The van der Waals surface area contributed by atoms with Crippen molar-refractivity contribution in [3.8, 4) is 0 Å². The van der Waals surface area contributed by atoms with Gasteiger partial charge in [-0.1, -0.05) is 0 Å². The SMILES string of the molecule is Cc1cc2c(N3CCOCC3CC(=O)O)nccn2n1. The van der Waals surface area contributed by atoms with E-state index in [0.29, 0.717) is 19.8 Å². The van der Waals surface area contributed by atoms with E-state index >= 15 is 0 Å². The van der Waals surface area contributed by atoms with Crippen molar-refractivity contribution >= 4 is 17.3 Å². The van der Waals surface area contributed by atoms with Crippen LogP contribution in [0.3, 0.4) is 0 Å². The van der Waals surface area contributed by atoms with Gasteiger partial charge in [-0.3, -0.25) is 4.79 Å². The van der Waals surface area contributed by atoms with Crippen LogP contribution in [0.2, 0.25) is 0 Å². The molecule has 3 rings (SSSR count). The summed E-state index contributed by atoms with van der Waals surface area (Å²) >= 11 is 0. The zero-order valence-corrected chi connectivity index (χ0v) is 11.2. The molecule has 1 atom stereocenters. The third kappa shape index (κ3) is 2.32. The van der Waals surface area contributed by atoms with Gasteiger partial charge in [-0.2, -0.15) is 5.10 Å². The average molecular weight is 276 g/mol. The maximum atomic E-state index is 11.0. The number of hydrogen-bond donors (Lipinski definition) is 1. The van der Waals surface area contributed by atoms with Crippen LogP contribution in [0.15, 0.2) is 18.5 Å². The standard InChI is InChI=1S/C13H16N4O3/c1-9-6-11-13(14-2-3-17(11)15-9)16-4-5-20-8-10(16)7-12(18)19/h2-3,6,10H,4-5,7-8H2,1H3,(H,18,19). The van der Waals surface area contributed by atoms with Crippen LogP contribution in [0.4, 0.5) is 5.82 Å². The van der Waals surface area contributed by atoms with Crippen LogP contribution in [0.5, 0.6) is 0 Å². The first-order valence-electron chi connectivity index (χ1n) is 6.52. The Morgan fingerprint density at radius 2 is 2.45 bits per heavy atom. The van der Waals surface area contributed by atoms with E-state index in [0.717, 1.165) is 17.0 Å². The van der Waals surface area contributed by atoms with E-state index < -0.39 is 5.97 Å². The Kier molecular flexibility index (Phi) is 3.27. The molecule has 106 valence electrons. The van der Waals surface area contributed by atoms with E-state index in [9.17, 15) is 4.79 Å². The van der Waals surface area contributed by atoms with Crippen molar-refractivity contribution in [3.05, 3.63) is 24.2 Å². The Hall–Kier alpha value is -2.15. The van der Waals surface area contributed by atoms with Crippen LogP contribution in [-0.2, 0) is 9.53 Å². The van der Waals surface area contributed by atoms with Gasteiger partial charge in [0.15, 0.2) is 5.82 Å². The molecular weight excluding hydrogens is 260 g/mol.